The minimum absolute atomic E-state index is 0. The van der Waals surface area contributed by atoms with E-state index in [0.29, 0.717) is 11.3 Å². The van der Waals surface area contributed by atoms with Crippen molar-refractivity contribution in [3.05, 3.63) is 181 Å². The molecule has 7 nitrogen and oxygen atoms in total. The van der Waals surface area contributed by atoms with Crippen LogP contribution in [0.15, 0.2) is 156 Å². The van der Waals surface area contributed by atoms with Gasteiger partial charge in [0.05, 0.1) is 34.3 Å². The molecule has 0 unspecified atom stereocenters. The first-order chi connectivity index (χ1) is 31.1. The Hall–Kier alpha value is -6.76. The molecular formula is C56H44GeIrN6O-2. The van der Waals surface area contributed by atoms with Crippen LogP contribution in [0.2, 0.25) is 17.3 Å². The molecule has 0 amide bonds. The van der Waals surface area contributed by atoms with Crippen molar-refractivity contribution in [2.24, 2.45) is 0 Å². The van der Waals surface area contributed by atoms with Gasteiger partial charge in [0.25, 0.3) is 0 Å². The molecule has 0 aliphatic rings. The van der Waals surface area contributed by atoms with E-state index in [1.165, 1.54) is 31.5 Å². The zero-order valence-electron chi connectivity index (χ0n) is 36.9. The van der Waals surface area contributed by atoms with Crippen LogP contribution in [0, 0.1) is 30.4 Å². The van der Waals surface area contributed by atoms with Gasteiger partial charge in [-0.05, 0) is 46.7 Å². The van der Waals surface area contributed by atoms with Crippen molar-refractivity contribution in [3.63, 3.8) is 0 Å². The van der Waals surface area contributed by atoms with Gasteiger partial charge in [-0.3, -0.25) is 9.97 Å². The Kier molecular flexibility index (Phi) is 11.8. The second-order valence-corrected chi connectivity index (χ2v) is 28.0. The number of nitriles is 1. The Morgan fingerprint density at radius 3 is 2.15 bits per heavy atom. The predicted molar refractivity (Wildman–Crippen MR) is 264 cm³/mol. The van der Waals surface area contributed by atoms with Crippen molar-refractivity contribution < 1.29 is 24.5 Å². The number of hydrogen-bond acceptors (Lipinski definition) is 6. The van der Waals surface area contributed by atoms with Crippen LogP contribution in [0.4, 0.5) is 0 Å². The molecule has 5 aromatic heterocycles. The van der Waals surface area contributed by atoms with Gasteiger partial charge in [0.2, 0.25) is 5.71 Å². The third-order valence-corrected chi connectivity index (χ3v) is 16.1. The summed E-state index contributed by atoms with van der Waals surface area (Å²) in [5, 5.41) is 16.3. The number of hydrogen-bond donors (Lipinski definition) is 0. The van der Waals surface area contributed by atoms with Gasteiger partial charge < -0.3 is 8.98 Å². The summed E-state index contributed by atoms with van der Waals surface area (Å²) in [7, 11) is 0. The molecule has 0 fully saturated rings. The molecule has 11 rings (SSSR count). The second-order valence-electron chi connectivity index (χ2n) is 17.4. The quantitative estimate of drug-likeness (QED) is 0.0935. The molecule has 0 bridgehead atoms. The van der Waals surface area contributed by atoms with Crippen molar-refractivity contribution in [1.82, 2.24) is 24.5 Å². The van der Waals surface area contributed by atoms with Crippen LogP contribution in [-0.4, -0.2) is 37.8 Å². The minimum Gasteiger partial charge on any atom is 0 e. The van der Waals surface area contributed by atoms with Crippen LogP contribution < -0.4 is 4.40 Å². The molecule has 0 N–H and O–H groups in total. The van der Waals surface area contributed by atoms with Crippen LogP contribution in [0.25, 0.3) is 94.1 Å². The monoisotopic (exact) mass is 1080 g/mol. The number of benzene rings is 6. The predicted octanol–water partition coefficient (Wildman–Crippen LogP) is 13.6. The van der Waals surface area contributed by atoms with Crippen LogP contribution in [0.3, 0.4) is 0 Å². The maximum absolute atomic E-state index is 9.50. The number of rotatable bonds is 6. The molecule has 6 aromatic carbocycles. The smallest absolute Gasteiger partial charge is 0 e. The van der Waals surface area contributed by atoms with E-state index in [0.717, 1.165) is 72.5 Å². The molecule has 65 heavy (non-hydrogen) atoms. The fourth-order valence-electron chi connectivity index (χ4n) is 9.01. The van der Waals surface area contributed by atoms with E-state index in [-0.39, 0.29) is 26.0 Å². The van der Waals surface area contributed by atoms with Crippen LogP contribution >= 0.6 is 0 Å². The second kappa shape index (κ2) is 17.7. The van der Waals surface area contributed by atoms with Crippen molar-refractivity contribution in [2.75, 3.05) is 0 Å². The van der Waals surface area contributed by atoms with Crippen molar-refractivity contribution >= 4 is 72.3 Å². The zero-order valence-corrected chi connectivity index (χ0v) is 41.4. The Morgan fingerprint density at radius 1 is 0.708 bits per heavy atom. The van der Waals surface area contributed by atoms with E-state index >= 15 is 0 Å². The van der Waals surface area contributed by atoms with Crippen LogP contribution in [-0.2, 0) is 20.1 Å². The molecule has 0 aliphatic heterocycles. The normalized spacial score (nSPS) is 11.5. The first-order valence-electron chi connectivity index (χ1n) is 21.5. The van der Waals surface area contributed by atoms with E-state index in [4.69, 9.17) is 14.4 Å². The standard InChI is InChI=1S/C35H25N4O.C21H19GeN2.Ir/c1-20(2)31-24-12-6-4-10-22(24)23-11-5-7-13-25(23)33(31)39-29-19-37-21(3)18-28(29)38-34(39)26-14-8-16-30-32(26)27-15-9-17-36-35(27)40-30;1-22(2,3)20-15-24-21(16-9-5-4-6-10-16)13-19(20)18-12-8-7-11-17(18)14-23;/h4-13,15-20H,1-3H3;4-9,11-13,15H,1-3H3;/q2*-1;. The molecule has 0 aliphatic carbocycles. The van der Waals surface area contributed by atoms with Gasteiger partial charge in [0, 0.05) is 42.8 Å². The van der Waals surface area contributed by atoms with Gasteiger partial charge in [-0.25, -0.2) is 4.98 Å². The van der Waals surface area contributed by atoms with Gasteiger partial charge in [-0.15, -0.1) is 12.1 Å². The van der Waals surface area contributed by atoms with Gasteiger partial charge in [0.15, 0.2) is 0 Å². The minimum atomic E-state index is -2.14. The first-order valence-corrected chi connectivity index (χ1v) is 28.9. The van der Waals surface area contributed by atoms with E-state index < -0.39 is 13.3 Å². The van der Waals surface area contributed by atoms with E-state index in [1.807, 2.05) is 86.0 Å². The summed E-state index contributed by atoms with van der Waals surface area (Å²) in [5.41, 5.74) is 12.2. The van der Waals surface area contributed by atoms with Gasteiger partial charge >= 0.3 is 146 Å². The number of nitrogens with zero attached hydrogens (tertiary/aromatic N) is 6. The van der Waals surface area contributed by atoms with E-state index in [1.54, 1.807) is 6.20 Å². The third-order valence-electron chi connectivity index (χ3n) is 11.9. The fraction of sp³-hybridized carbons (Fsp3) is 0.125. The molecule has 0 saturated carbocycles. The number of furan rings is 1. The average molecular weight is 1080 g/mol. The van der Waals surface area contributed by atoms with Crippen LogP contribution in [0.5, 0.6) is 0 Å². The maximum Gasteiger partial charge on any atom is 0 e. The Bertz CT molecular complexity index is 3620. The Morgan fingerprint density at radius 2 is 1.42 bits per heavy atom. The number of aryl methyl sites for hydroxylation is 1. The zero-order chi connectivity index (χ0) is 44.1. The molecular weight excluding hydrogens is 1040 g/mol. The number of pyridine rings is 3. The van der Waals surface area contributed by atoms with Gasteiger partial charge in [-0.1, -0.05) is 85.5 Å². The molecule has 0 atom stereocenters. The molecule has 319 valence electrons. The molecule has 5 heterocycles. The van der Waals surface area contributed by atoms with E-state index in [9.17, 15) is 5.26 Å². The average Bonchev–Trinajstić information content (AvgIpc) is 3.89. The summed E-state index contributed by atoms with van der Waals surface area (Å²) in [6.45, 7) is 6.54. The van der Waals surface area contributed by atoms with Crippen molar-refractivity contribution in [2.45, 2.75) is 44.0 Å². The maximum atomic E-state index is 9.50. The van der Waals surface area contributed by atoms with Crippen molar-refractivity contribution in [1.29, 1.82) is 5.26 Å². The summed E-state index contributed by atoms with van der Waals surface area (Å²) in [6, 6.07) is 54.2. The number of aromatic nitrogens is 5. The molecule has 11 aromatic rings. The topological polar surface area (TPSA) is 93.4 Å². The Balaban J connectivity index is 0.000000184. The number of fused-ring (bicyclic) bond motifs is 7. The molecule has 0 saturated heterocycles. The summed E-state index contributed by atoms with van der Waals surface area (Å²) >= 11 is -2.14. The summed E-state index contributed by atoms with van der Waals surface area (Å²) < 4.78 is 9.78. The van der Waals surface area contributed by atoms with E-state index in [2.05, 4.69) is 131 Å². The summed E-state index contributed by atoms with van der Waals surface area (Å²) in [6.07, 6.45) is 5.72. The van der Waals surface area contributed by atoms with Gasteiger partial charge in [-0.2, -0.15) is 0 Å². The molecule has 9 heteroatoms. The third kappa shape index (κ3) is 7.84. The SMILES string of the molecule is Cc1cc2nc(-c3[c-]ccc4oc5ncccc5c34)n(-c3c(C(C)C)c4ccccc4c4ccccc34)c2cn1.[CH3][Ge]([CH3])([CH3])[c]1cnc(-c2[c-]cccc2)cc1-c1ccccc1C#N.[Ir]. The van der Waals surface area contributed by atoms with Crippen molar-refractivity contribution in [3.8, 4) is 45.5 Å². The first kappa shape index (κ1) is 43.5. The molecule has 0 spiro atoms. The number of imidazole rings is 1. The molecule has 1 radical (unpaired) electrons. The van der Waals surface area contributed by atoms with Crippen LogP contribution in [0.1, 0.15) is 36.6 Å². The summed E-state index contributed by atoms with van der Waals surface area (Å²) in [5.74, 6) is 8.12. The largest absolute Gasteiger partial charge is 0 e. The fourth-order valence-corrected chi connectivity index (χ4v) is 12.1. The Labute approximate surface area is 394 Å². The van der Waals surface area contributed by atoms with Gasteiger partial charge in [0.1, 0.15) is 0 Å². The summed E-state index contributed by atoms with van der Waals surface area (Å²) in [4.78, 5) is 19.2.